The fraction of sp³-hybridized carbons (Fsp3) is 0.800. The lowest BCUT2D eigenvalue weighted by Gasteiger charge is -2.30. The summed E-state index contributed by atoms with van der Waals surface area (Å²) in [7, 11) is 1.79. The predicted molar refractivity (Wildman–Crippen MR) is 78.4 cm³/mol. The number of ether oxygens (including phenoxy) is 1. The molecule has 0 spiro atoms. The highest BCUT2D eigenvalue weighted by Gasteiger charge is 2.20. The molecule has 0 bridgehead atoms. The van der Waals surface area contributed by atoms with E-state index in [2.05, 4.69) is 35.3 Å². The van der Waals surface area contributed by atoms with Crippen molar-refractivity contribution < 1.29 is 9.26 Å². The van der Waals surface area contributed by atoms with Gasteiger partial charge in [0.25, 0.3) is 0 Å². The van der Waals surface area contributed by atoms with E-state index in [-0.39, 0.29) is 0 Å². The van der Waals surface area contributed by atoms with Crippen molar-refractivity contribution in [3.63, 3.8) is 0 Å². The van der Waals surface area contributed by atoms with Crippen LogP contribution in [0.1, 0.15) is 38.1 Å². The zero-order valence-corrected chi connectivity index (χ0v) is 12.9. The van der Waals surface area contributed by atoms with Gasteiger partial charge >= 0.3 is 0 Å². The molecule has 0 aromatic carbocycles. The van der Waals surface area contributed by atoms with Gasteiger partial charge < -0.3 is 14.6 Å². The molecule has 1 aliphatic heterocycles. The lowest BCUT2D eigenvalue weighted by molar-refractivity contribution is 0.0928. The third-order valence-corrected chi connectivity index (χ3v) is 3.79. The molecule has 1 aromatic rings. The van der Waals surface area contributed by atoms with Gasteiger partial charge in [-0.05, 0) is 31.8 Å². The first-order valence-corrected chi connectivity index (χ1v) is 7.56. The molecule has 2 heterocycles. The molecule has 1 fully saturated rings. The summed E-state index contributed by atoms with van der Waals surface area (Å²) in [6.45, 7) is 9.03. The third-order valence-electron chi connectivity index (χ3n) is 3.79. The summed E-state index contributed by atoms with van der Waals surface area (Å²) in [5.74, 6) is 1.69. The van der Waals surface area contributed by atoms with Crippen LogP contribution in [-0.2, 0) is 17.8 Å². The predicted octanol–water partition coefficient (Wildman–Crippen LogP) is 2.03. The van der Waals surface area contributed by atoms with Crippen molar-refractivity contribution in [3.8, 4) is 0 Å². The SMILES string of the molecule is COCC1CCN(Cc2cc(CNC(C)C)no2)CC1. The second-order valence-corrected chi connectivity index (χ2v) is 6.00. The van der Waals surface area contributed by atoms with E-state index >= 15 is 0 Å². The number of methoxy groups -OCH3 is 1. The summed E-state index contributed by atoms with van der Waals surface area (Å²) in [4.78, 5) is 2.44. The van der Waals surface area contributed by atoms with Gasteiger partial charge in [0.15, 0.2) is 5.76 Å². The first-order valence-electron chi connectivity index (χ1n) is 7.56. The lowest BCUT2D eigenvalue weighted by atomic mass is 9.98. The van der Waals surface area contributed by atoms with Crippen LogP contribution in [0, 0.1) is 5.92 Å². The largest absolute Gasteiger partial charge is 0.384 e. The van der Waals surface area contributed by atoms with Crippen LogP contribution in [0.15, 0.2) is 10.6 Å². The molecule has 1 saturated heterocycles. The Hall–Kier alpha value is -0.910. The smallest absolute Gasteiger partial charge is 0.151 e. The Bertz CT molecular complexity index is 384. The number of nitrogens with zero attached hydrogens (tertiary/aromatic N) is 2. The standard InChI is InChI=1S/C15H27N3O2/c1-12(2)16-9-14-8-15(20-17-14)10-18-6-4-13(5-7-18)11-19-3/h8,12-13,16H,4-7,9-11H2,1-3H3. The summed E-state index contributed by atoms with van der Waals surface area (Å²) in [6.07, 6.45) is 2.42. The zero-order valence-electron chi connectivity index (χ0n) is 12.9. The van der Waals surface area contributed by atoms with E-state index in [1.54, 1.807) is 7.11 Å². The van der Waals surface area contributed by atoms with Crippen LogP contribution in [0.25, 0.3) is 0 Å². The molecule has 20 heavy (non-hydrogen) atoms. The number of nitrogens with one attached hydrogen (secondary N) is 1. The van der Waals surface area contributed by atoms with Gasteiger partial charge in [-0.1, -0.05) is 19.0 Å². The van der Waals surface area contributed by atoms with E-state index < -0.39 is 0 Å². The molecule has 0 amide bonds. The molecule has 1 aliphatic rings. The van der Waals surface area contributed by atoms with E-state index in [1.807, 2.05) is 0 Å². The van der Waals surface area contributed by atoms with E-state index in [9.17, 15) is 0 Å². The molecular weight excluding hydrogens is 254 g/mol. The third kappa shape index (κ3) is 4.89. The number of hydrogen-bond acceptors (Lipinski definition) is 5. The summed E-state index contributed by atoms with van der Waals surface area (Å²) in [5.41, 5.74) is 0.989. The average Bonchev–Trinajstić information content (AvgIpc) is 2.87. The molecule has 0 saturated carbocycles. The molecule has 0 unspecified atom stereocenters. The zero-order chi connectivity index (χ0) is 14.4. The van der Waals surface area contributed by atoms with Crippen LogP contribution in [0.2, 0.25) is 0 Å². The normalized spacial score (nSPS) is 18.0. The first-order chi connectivity index (χ1) is 9.67. The summed E-state index contributed by atoms with van der Waals surface area (Å²) in [5, 5.41) is 7.46. The molecule has 0 aliphatic carbocycles. The van der Waals surface area contributed by atoms with E-state index in [1.165, 1.54) is 12.8 Å². The number of aromatic nitrogens is 1. The number of likely N-dealkylation sites (tertiary alicyclic amines) is 1. The molecule has 5 nitrogen and oxygen atoms in total. The van der Waals surface area contributed by atoms with E-state index in [4.69, 9.17) is 9.26 Å². The van der Waals surface area contributed by atoms with Crippen LogP contribution >= 0.6 is 0 Å². The van der Waals surface area contributed by atoms with E-state index in [0.29, 0.717) is 6.04 Å². The van der Waals surface area contributed by atoms with Gasteiger partial charge in [0.2, 0.25) is 0 Å². The van der Waals surface area contributed by atoms with Gasteiger partial charge in [0.05, 0.1) is 12.2 Å². The monoisotopic (exact) mass is 281 g/mol. The maximum Gasteiger partial charge on any atom is 0.151 e. The lowest BCUT2D eigenvalue weighted by Crippen LogP contribution is -2.34. The Morgan fingerprint density at radius 1 is 1.45 bits per heavy atom. The highest BCUT2D eigenvalue weighted by molar-refractivity contribution is 5.05. The van der Waals surface area contributed by atoms with Crippen molar-refractivity contribution in [2.45, 2.75) is 45.8 Å². The van der Waals surface area contributed by atoms with Gasteiger partial charge in [-0.3, -0.25) is 4.90 Å². The quantitative estimate of drug-likeness (QED) is 0.829. The van der Waals surface area contributed by atoms with Gasteiger partial charge in [-0.25, -0.2) is 0 Å². The van der Waals surface area contributed by atoms with Crippen LogP contribution < -0.4 is 5.32 Å². The molecule has 5 heteroatoms. The Balaban J connectivity index is 1.74. The Labute approximate surface area is 121 Å². The van der Waals surface area contributed by atoms with Gasteiger partial charge in [0, 0.05) is 32.4 Å². The maximum absolute atomic E-state index is 5.42. The highest BCUT2D eigenvalue weighted by atomic mass is 16.5. The molecule has 114 valence electrons. The summed E-state index contributed by atoms with van der Waals surface area (Å²) in [6, 6.07) is 2.53. The van der Waals surface area contributed by atoms with Gasteiger partial charge in [0.1, 0.15) is 0 Å². The van der Waals surface area contributed by atoms with Gasteiger partial charge in [-0.15, -0.1) is 0 Å². The molecule has 2 rings (SSSR count). The van der Waals surface area contributed by atoms with Crippen LogP contribution in [0.4, 0.5) is 0 Å². The molecular formula is C15H27N3O2. The van der Waals surface area contributed by atoms with Crippen molar-refractivity contribution in [2.24, 2.45) is 5.92 Å². The van der Waals surface area contributed by atoms with E-state index in [0.717, 1.165) is 50.2 Å². The fourth-order valence-electron chi connectivity index (χ4n) is 2.59. The van der Waals surface area contributed by atoms with Crippen molar-refractivity contribution in [3.05, 3.63) is 17.5 Å². The first kappa shape index (κ1) is 15.5. The number of piperidine rings is 1. The average molecular weight is 281 g/mol. The summed E-state index contributed by atoms with van der Waals surface area (Å²) >= 11 is 0. The van der Waals surface area contributed by atoms with Gasteiger partial charge in [-0.2, -0.15) is 0 Å². The second kappa shape index (κ2) is 7.76. The molecule has 1 aromatic heterocycles. The van der Waals surface area contributed by atoms with Crippen molar-refractivity contribution >= 4 is 0 Å². The second-order valence-electron chi connectivity index (χ2n) is 6.00. The molecule has 0 radical (unpaired) electrons. The topological polar surface area (TPSA) is 50.5 Å². The van der Waals surface area contributed by atoms with Crippen LogP contribution in [0.3, 0.4) is 0 Å². The minimum Gasteiger partial charge on any atom is -0.384 e. The highest BCUT2D eigenvalue weighted by Crippen LogP contribution is 2.19. The Kier molecular flexibility index (Phi) is 6.01. The summed E-state index contributed by atoms with van der Waals surface area (Å²) < 4.78 is 10.6. The van der Waals surface area contributed by atoms with Crippen molar-refractivity contribution in [2.75, 3.05) is 26.8 Å². The number of hydrogen-bond donors (Lipinski definition) is 1. The van der Waals surface area contributed by atoms with Crippen LogP contribution in [-0.4, -0.2) is 42.9 Å². The van der Waals surface area contributed by atoms with Crippen LogP contribution in [0.5, 0.6) is 0 Å². The number of rotatable bonds is 7. The van der Waals surface area contributed by atoms with Crippen molar-refractivity contribution in [1.29, 1.82) is 0 Å². The molecule has 0 atom stereocenters. The minimum atomic E-state index is 0.468. The maximum atomic E-state index is 5.42. The Morgan fingerprint density at radius 3 is 2.85 bits per heavy atom. The minimum absolute atomic E-state index is 0.468. The van der Waals surface area contributed by atoms with Crippen molar-refractivity contribution in [1.82, 2.24) is 15.4 Å². The fourth-order valence-corrected chi connectivity index (χ4v) is 2.59. The Morgan fingerprint density at radius 2 is 2.20 bits per heavy atom. The molecule has 1 N–H and O–H groups in total.